The average Bonchev–Trinajstić information content (AvgIpc) is 2.94. The summed E-state index contributed by atoms with van der Waals surface area (Å²) in [4.78, 5) is 48.1. The van der Waals surface area contributed by atoms with E-state index in [-0.39, 0.29) is 13.2 Å². The summed E-state index contributed by atoms with van der Waals surface area (Å²) >= 11 is 5.99. The summed E-state index contributed by atoms with van der Waals surface area (Å²) in [5.74, 6) is -1.37. The second-order valence-electron chi connectivity index (χ2n) is 8.04. The Balaban J connectivity index is 1.47. The third-order valence-corrected chi connectivity index (χ3v) is 5.43. The van der Waals surface area contributed by atoms with E-state index in [0.717, 1.165) is 0 Å². The number of ether oxygens (including phenoxy) is 3. The van der Waals surface area contributed by atoms with Crippen molar-refractivity contribution in [3.63, 3.8) is 0 Å². The maximum atomic E-state index is 12.3. The number of benzene rings is 3. The van der Waals surface area contributed by atoms with Crippen LogP contribution in [0.3, 0.4) is 0 Å². The van der Waals surface area contributed by atoms with Crippen molar-refractivity contribution in [3.05, 3.63) is 82.9 Å². The third kappa shape index (κ3) is 9.14. The molecule has 0 bridgehead atoms. The standard InChI is InChI=1S/C28H27ClN4O7/c1-3-39-28(37)19-9-11-20(12-10-19)31-27(36)17-40-23-13-8-18(14-24(23)38-2)16-30-33-26(35)15-25(34)32-22-7-5-4-6-21(22)29/h4-14,16H,3,15,17H2,1-2H3,(H,31,36)(H,32,34)(H,33,35). The van der Waals surface area contributed by atoms with Crippen LogP contribution < -0.4 is 25.5 Å². The normalized spacial score (nSPS) is 10.5. The van der Waals surface area contributed by atoms with Crippen molar-refractivity contribution in [2.24, 2.45) is 5.10 Å². The van der Waals surface area contributed by atoms with E-state index in [1.54, 1.807) is 73.7 Å². The molecule has 0 spiro atoms. The maximum absolute atomic E-state index is 12.3. The van der Waals surface area contributed by atoms with Gasteiger partial charge < -0.3 is 24.8 Å². The first kappa shape index (κ1) is 29.7. The zero-order valence-electron chi connectivity index (χ0n) is 21.7. The number of methoxy groups -OCH3 is 1. The Kier molecular flexibility index (Phi) is 11.0. The molecule has 0 unspecified atom stereocenters. The molecule has 12 heteroatoms. The molecule has 0 aliphatic heterocycles. The number of carbonyl (C=O) groups excluding carboxylic acids is 4. The number of rotatable bonds is 12. The second-order valence-corrected chi connectivity index (χ2v) is 8.45. The van der Waals surface area contributed by atoms with Crippen LogP contribution in [0.1, 0.15) is 29.3 Å². The Morgan fingerprint density at radius 2 is 1.65 bits per heavy atom. The van der Waals surface area contributed by atoms with Gasteiger partial charge in [0.15, 0.2) is 18.1 Å². The quantitative estimate of drug-likeness (QED) is 0.130. The molecule has 0 atom stereocenters. The number of carbonyl (C=O) groups is 4. The fourth-order valence-electron chi connectivity index (χ4n) is 3.25. The van der Waals surface area contributed by atoms with Crippen molar-refractivity contribution in [1.29, 1.82) is 0 Å². The Hall–Kier alpha value is -4.90. The minimum atomic E-state index is -0.616. The van der Waals surface area contributed by atoms with Crippen molar-refractivity contribution in [2.75, 3.05) is 31.0 Å². The van der Waals surface area contributed by atoms with Crippen LogP contribution in [0.15, 0.2) is 71.8 Å². The number of hydrogen-bond acceptors (Lipinski definition) is 8. The zero-order valence-corrected chi connectivity index (χ0v) is 22.5. The number of hydrazone groups is 1. The van der Waals surface area contributed by atoms with Crippen molar-refractivity contribution in [1.82, 2.24) is 5.43 Å². The first-order valence-corrected chi connectivity index (χ1v) is 12.4. The summed E-state index contributed by atoms with van der Waals surface area (Å²) in [5, 5.41) is 9.44. The smallest absolute Gasteiger partial charge is 0.338 e. The maximum Gasteiger partial charge on any atom is 0.338 e. The molecule has 208 valence electrons. The molecule has 0 radical (unpaired) electrons. The lowest BCUT2D eigenvalue weighted by Gasteiger charge is -2.11. The van der Waals surface area contributed by atoms with E-state index in [1.807, 2.05) is 0 Å². The highest BCUT2D eigenvalue weighted by Gasteiger charge is 2.12. The second kappa shape index (κ2) is 14.9. The van der Waals surface area contributed by atoms with Crippen molar-refractivity contribution in [3.8, 4) is 11.5 Å². The van der Waals surface area contributed by atoms with Crippen LogP contribution >= 0.6 is 11.6 Å². The summed E-state index contributed by atoms with van der Waals surface area (Å²) in [6.07, 6.45) is 0.916. The summed E-state index contributed by atoms with van der Waals surface area (Å²) in [7, 11) is 1.44. The van der Waals surface area contributed by atoms with E-state index < -0.39 is 30.1 Å². The van der Waals surface area contributed by atoms with Crippen LogP contribution in [0.5, 0.6) is 11.5 Å². The minimum absolute atomic E-state index is 0.272. The zero-order chi connectivity index (χ0) is 28.9. The van der Waals surface area contributed by atoms with Crippen LogP contribution in [0.2, 0.25) is 5.02 Å². The largest absolute Gasteiger partial charge is 0.493 e. The highest BCUT2D eigenvalue weighted by atomic mass is 35.5. The van der Waals surface area contributed by atoms with Gasteiger partial charge in [-0.15, -0.1) is 0 Å². The van der Waals surface area contributed by atoms with Crippen LogP contribution in [-0.2, 0) is 19.1 Å². The van der Waals surface area contributed by atoms with E-state index in [1.165, 1.54) is 13.3 Å². The fourth-order valence-corrected chi connectivity index (χ4v) is 3.43. The Morgan fingerprint density at radius 3 is 2.35 bits per heavy atom. The molecule has 3 aromatic carbocycles. The fraction of sp³-hybridized carbons (Fsp3) is 0.179. The molecule has 3 N–H and O–H groups in total. The molecule has 3 amide bonds. The van der Waals surface area contributed by atoms with Crippen LogP contribution in [0.25, 0.3) is 0 Å². The molecule has 3 aromatic rings. The van der Waals surface area contributed by atoms with Crippen LogP contribution in [0, 0.1) is 0 Å². The van der Waals surface area contributed by atoms with Gasteiger partial charge >= 0.3 is 5.97 Å². The summed E-state index contributed by atoms with van der Waals surface area (Å²) in [5.41, 5.74) is 4.12. The van der Waals surface area contributed by atoms with E-state index >= 15 is 0 Å². The lowest BCUT2D eigenvalue weighted by molar-refractivity contribution is -0.126. The molecule has 40 heavy (non-hydrogen) atoms. The van der Waals surface area contributed by atoms with Gasteiger partial charge in [0.25, 0.3) is 5.91 Å². The van der Waals surface area contributed by atoms with Crippen LogP contribution in [0.4, 0.5) is 11.4 Å². The Bertz CT molecular complexity index is 1390. The first-order chi connectivity index (χ1) is 19.3. The number of esters is 1. The van der Waals surface area contributed by atoms with Gasteiger partial charge in [0.2, 0.25) is 11.8 Å². The Morgan fingerprint density at radius 1 is 0.900 bits per heavy atom. The SMILES string of the molecule is CCOC(=O)c1ccc(NC(=O)COc2ccc(C=NNC(=O)CC(=O)Nc3ccccc3Cl)cc2OC)cc1. The van der Waals surface area contributed by atoms with Gasteiger partial charge in [-0.05, 0) is 67.1 Å². The third-order valence-electron chi connectivity index (χ3n) is 5.10. The molecule has 11 nitrogen and oxygen atoms in total. The van der Waals surface area contributed by atoms with Gasteiger partial charge in [-0.1, -0.05) is 23.7 Å². The van der Waals surface area contributed by atoms with Gasteiger partial charge in [0, 0.05) is 5.69 Å². The predicted molar refractivity (Wildman–Crippen MR) is 150 cm³/mol. The van der Waals surface area contributed by atoms with E-state index in [9.17, 15) is 19.2 Å². The highest BCUT2D eigenvalue weighted by Crippen LogP contribution is 2.27. The van der Waals surface area contributed by atoms with Gasteiger partial charge in [-0.2, -0.15) is 5.10 Å². The van der Waals surface area contributed by atoms with E-state index in [2.05, 4.69) is 21.2 Å². The van der Waals surface area contributed by atoms with Crippen molar-refractivity contribution >= 4 is 52.9 Å². The number of nitrogens with one attached hydrogen (secondary N) is 3. The number of amides is 3. The minimum Gasteiger partial charge on any atom is -0.493 e. The van der Waals surface area contributed by atoms with E-state index in [4.69, 9.17) is 25.8 Å². The topological polar surface area (TPSA) is 144 Å². The molecule has 0 aromatic heterocycles. The Labute approximate surface area is 235 Å². The molecule has 0 saturated heterocycles. The molecule has 3 rings (SSSR count). The molecule has 0 heterocycles. The number of para-hydroxylation sites is 1. The summed E-state index contributed by atoms with van der Waals surface area (Å²) < 4.78 is 15.8. The van der Waals surface area contributed by atoms with Crippen molar-refractivity contribution < 1.29 is 33.4 Å². The summed E-state index contributed by atoms with van der Waals surface area (Å²) in [6.45, 7) is 1.70. The lowest BCUT2D eigenvalue weighted by Crippen LogP contribution is -2.24. The number of anilines is 2. The van der Waals surface area contributed by atoms with Gasteiger partial charge in [-0.25, -0.2) is 10.2 Å². The summed E-state index contributed by atoms with van der Waals surface area (Å²) in [6, 6.07) is 17.8. The average molecular weight is 567 g/mol. The van der Waals surface area contributed by atoms with Crippen molar-refractivity contribution in [2.45, 2.75) is 13.3 Å². The number of nitrogens with zero attached hydrogens (tertiary/aromatic N) is 1. The predicted octanol–water partition coefficient (Wildman–Crippen LogP) is 4.02. The van der Waals surface area contributed by atoms with Crippen LogP contribution in [-0.4, -0.2) is 50.2 Å². The van der Waals surface area contributed by atoms with Gasteiger partial charge in [0.1, 0.15) is 6.42 Å². The highest BCUT2D eigenvalue weighted by molar-refractivity contribution is 6.33. The number of hydrogen-bond donors (Lipinski definition) is 3. The molecule has 0 saturated carbocycles. The van der Waals surface area contributed by atoms with Gasteiger partial charge in [-0.3, -0.25) is 14.4 Å². The monoisotopic (exact) mass is 566 g/mol. The number of halogens is 1. The molecular weight excluding hydrogens is 540 g/mol. The molecular formula is C28H27ClN4O7. The molecule has 0 fully saturated rings. The molecule has 0 aliphatic rings. The first-order valence-electron chi connectivity index (χ1n) is 12.0. The van der Waals surface area contributed by atoms with Gasteiger partial charge in [0.05, 0.1) is 36.2 Å². The van der Waals surface area contributed by atoms with E-state index in [0.29, 0.717) is 39.0 Å². The lowest BCUT2D eigenvalue weighted by atomic mass is 10.2. The molecule has 0 aliphatic carbocycles.